The van der Waals surface area contributed by atoms with Crippen LogP contribution in [0.25, 0.3) is 0 Å². The van der Waals surface area contributed by atoms with E-state index >= 15 is 0 Å². The third-order valence-corrected chi connectivity index (χ3v) is 4.17. The molecule has 0 aliphatic carbocycles. The van der Waals surface area contributed by atoms with E-state index in [0.29, 0.717) is 6.04 Å². The first-order valence-corrected chi connectivity index (χ1v) is 7.80. The summed E-state index contributed by atoms with van der Waals surface area (Å²) in [5.41, 5.74) is 1.12. The van der Waals surface area contributed by atoms with Crippen LogP contribution in [-0.2, 0) is 4.79 Å². The maximum Gasteiger partial charge on any atom is 0.230 e. The van der Waals surface area contributed by atoms with Crippen molar-refractivity contribution in [1.29, 1.82) is 0 Å². The summed E-state index contributed by atoms with van der Waals surface area (Å²) in [5.74, 6) is 0.239. The molecule has 1 N–H and O–H groups in total. The van der Waals surface area contributed by atoms with Gasteiger partial charge in [-0.05, 0) is 44.8 Å². The molecule has 1 saturated heterocycles. The number of hydrogen-bond acceptors (Lipinski definition) is 2. The Morgan fingerprint density at radius 3 is 2.55 bits per heavy atom. The largest absolute Gasteiger partial charge is 0.339 e. The SMILES string of the molecule is CCCN(C(=O)C(C)c1ccccc1)C1CCNCC1. The van der Waals surface area contributed by atoms with E-state index in [1.165, 1.54) is 0 Å². The lowest BCUT2D eigenvalue weighted by molar-refractivity contribution is -0.135. The van der Waals surface area contributed by atoms with Crippen molar-refractivity contribution in [1.82, 2.24) is 10.2 Å². The van der Waals surface area contributed by atoms with Crippen LogP contribution in [0.4, 0.5) is 0 Å². The topological polar surface area (TPSA) is 32.3 Å². The molecule has 110 valence electrons. The molecule has 1 unspecified atom stereocenters. The van der Waals surface area contributed by atoms with E-state index in [1.54, 1.807) is 0 Å². The van der Waals surface area contributed by atoms with Crippen molar-refractivity contribution in [3.8, 4) is 0 Å². The summed E-state index contributed by atoms with van der Waals surface area (Å²) in [6.07, 6.45) is 3.18. The molecular formula is C17H26N2O. The maximum absolute atomic E-state index is 12.8. The van der Waals surface area contributed by atoms with Gasteiger partial charge in [0.15, 0.2) is 0 Å². The fraction of sp³-hybridized carbons (Fsp3) is 0.588. The monoisotopic (exact) mass is 274 g/mol. The summed E-state index contributed by atoms with van der Waals surface area (Å²) >= 11 is 0. The molecule has 20 heavy (non-hydrogen) atoms. The van der Waals surface area contributed by atoms with E-state index in [-0.39, 0.29) is 11.8 Å². The normalized spacial score (nSPS) is 17.7. The molecule has 0 saturated carbocycles. The molecule has 1 aliphatic rings. The number of nitrogens with one attached hydrogen (secondary N) is 1. The molecule has 3 nitrogen and oxygen atoms in total. The molecule has 2 rings (SSSR count). The standard InChI is InChI=1S/C17H26N2O/c1-3-13-19(16-9-11-18-12-10-16)17(20)14(2)15-7-5-4-6-8-15/h4-8,14,16,18H,3,9-13H2,1-2H3. The lowest BCUT2D eigenvalue weighted by Crippen LogP contribution is -2.47. The maximum atomic E-state index is 12.8. The van der Waals surface area contributed by atoms with Crippen LogP contribution in [0.3, 0.4) is 0 Å². The van der Waals surface area contributed by atoms with E-state index in [4.69, 9.17) is 0 Å². The molecule has 0 radical (unpaired) electrons. The van der Waals surface area contributed by atoms with Crippen LogP contribution in [0.2, 0.25) is 0 Å². The fourth-order valence-electron chi connectivity index (χ4n) is 2.96. The Morgan fingerprint density at radius 1 is 1.30 bits per heavy atom. The van der Waals surface area contributed by atoms with Gasteiger partial charge in [-0.15, -0.1) is 0 Å². The third kappa shape index (κ3) is 3.60. The number of rotatable bonds is 5. The highest BCUT2D eigenvalue weighted by molar-refractivity contribution is 5.83. The highest BCUT2D eigenvalue weighted by Crippen LogP contribution is 2.22. The Balaban J connectivity index is 2.09. The highest BCUT2D eigenvalue weighted by atomic mass is 16.2. The summed E-state index contributed by atoms with van der Waals surface area (Å²) in [7, 11) is 0. The van der Waals surface area contributed by atoms with Crippen LogP contribution in [0.5, 0.6) is 0 Å². The Hall–Kier alpha value is -1.35. The van der Waals surface area contributed by atoms with Crippen molar-refractivity contribution in [3.63, 3.8) is 0 Å². The van der Waals surface area contributed by atoms with E-state index in [2.05, 4.69) is 29.3 Å². The molecule has 3 heteroatoms. The smallest absolute Gasteiger partial charge is 0.230 e. The lowest BCUT2D eigenvalue weighted by Gasteiger charge is -2.36. The predicted molar refractivity (Wildman–Crippen MR) is 82.8 cm³/mol. The van der Waals surface area contributed by atoms with Gasteiger partial charge in [-0.25, -0.2) is 0 Å². The molecule has 0 bridgehead atoms. The first-order valence-electron chi connectivity index (χ1n) is 7.80. The van der Waals surface area contributed by atoms with Crippen molar-refractivity contribution in [2.24, 2.45) is 0 Å². The second-order valence-electron chi connectivity index (χ2n) is 5.65. The van der Waals surface area contributed by atoms with Gasteiger partial charge in [0.1, 0.15) is 0 Å². The molecule has 1 aliphatic heterocycles. The number of piperidine rings is 1. The minimum Gasteiger partial charge on any atom is -0.339 e. The van der Waals surface area contributed by atoms with Crippen LogP contribution < -0.4 is 5.32 Å². The number of hydrogen-bond donors (Lipinski definition) is 1. The van der Waals surface area contributed by atoms with Gasteiger partial charge in [0.05, 0.1) is 5.92 Å². The molecule has 0 spiro atoms. The van der Waals surface area contributed by atoms with Crippen LogP contribution in [-0.4, -0.2) is 36.5 Å². The van der Waals surface area contributed by atoms with Crippen molar-refractivity contribution in [3.05, 3.63) is 35.9 Å². The van der Waals surface area contributed by atoms with E-state index in [1.807, 2.05) is 25.1 Å². The van der Waals surface area contributed by atoms with Gasteiger partial charge in [0, 0.05) is 12.6 Å². The highest BCUT2D eigenvalue weighted by Gasteiger charge is 2.28. The van der Waals surface area contributed by atoms with Crippen molar-refractivity contribution in [2.75, 3.05) is 19.6 Å². The zero-order valence-electron chi connectivity index (χ0n) is 12.6. The van der Waals surface area contributed by atoms with Gasteiger partial charge in [0.2, 0.25) is 5.91 Å². The number of benzene rings is 1. The second-order valence-corrected chi connectivity index (χ2v) is 5.65. The van der Waals surface area contributed by atoms with Gasteiger partial charge in [0.25, 0.3) is 0 Å². The summed E-state index contributed by atoms with van der Waals surface area (Å²) in [6, 6.07) is 10.5. The minimum absolute atomic E-state index is 0.0439. The van der Waals surface area contributed by atoms with E-state index < -0.39 is 0 Å². The Bertz CT molecular complexity index is 412. The third-order valence-electron chi connectivity index (χ3n) is 4.17. The quantitative estimate of drug-likeness (QED) is 0.895. The lowest BCUT2D eigenvalue weighted by atomic mass is 9.97. The van der Waals surface area contributed by atoms with Gasteiger partial charge < -0.3 is 10.2 Å². The zero-order valence-corrected chi connectivity index (χ0v) is 12.6. The van der Waals surface area contributed by atoms with E-state index in [0.717, 1.165) is 44.5 Å². The number of carbonyl (C=O) groups excluding carboxylic acids is 1. The van der Waals surface area contributed by atoms with Crippen LogP contribution in [0, 0.1) is 0 Å². The molecule has 1 heterocycles. The summed E-state index contributed by atoms with van der Waals surface area (Å²) < 4.78 is 0. The number of amides is 1. The molecule has 1 aromatic carbocycles. The van der Waals surface area contributed by atoms with Gasteiger partial charge >= 0.3 is 0 Å². The average molecular weight is 274 g/mol. The first-order chi connectivity index (χ1) is 9.74. The first kappa shape index (κ1) is 15.0. The van der Waals surface area contributed by atoms with Crippen molar-refractivity contribution >= 4 is 5.91 Å². The van der Waals surface area contributed by atoms with Gasteiger partial charge in [-0.3, -0.25) is 4.79 Å². The predicted octanol–water partition coefficient (Wildman–Crippen LogP) is 2.78. The second kappa shape index (κ2) is 7.44. The Kier molecular flexibility index (Phi) is 5.60. The molecule has 1 amide bonds. The van der Waals surface area contributed by atoms with Crippen LogP contribution in [0.15, 0.2) is 30.3 Å². The van der Waals surface area contributed by atoms with Crippen LogP contribution >= 0.6 is 0 Å². The Labute approximate surface area is 122 Å². The van der Waals surface area contributed by atoms with Gasteiger partial charge in [-0.1, -0.05) is 37.3 Å². The zero-order chi connectivity index (χ0) is 14.4. The van der Waals surface area contributed by atoms with Crippen molar-refractivity contribution < 1.29 is 4.79 Å². The fourth-order valence-corrected chi connectivity index (χ4v) is 2.96. The molecule has 0 aromatic heterocycles. The number of carbonyl (C=O) groups is 1. The van der Waals surface area contributed by atoms with Crippen molar-refractivity contribution in [2.45, 2.75) is 45.1 Å². The number of nitrogens with zero attached hydrogens (tertiary/aromatic N) is 1. The minimum atomic E-state index is -0.0439. The molecule has 1 atom stereocenters. The Morgan fingerprint density at radius 2 is 1.95 bits per heavy atom. The average Bonchev–Trinajstić information content (AvgIpc) is 2.53. The van der Waals surface area contributed by atoms with Crippen LogP contribution in [0.1, 0.15) is 44.6 Å². The summed E-state index contributed by atoms with van der Waals surface area (Å²) in [4.78, 5) is 15.0. The summed E-state index contributed by atoms with van der Waals surface area (Å²) in [5, 5.41) is 3.37. The molecular weight excluding hydrogens is 248 g/mol. The van der Waals surface area contributed by atoms with Gasteiger partial charge in [-0.2, -0.15) is 0 Å². The van der Waals surface area contributed by atoms with E-state index in [9.17, 15) is 4.79 Å². The molecule has 1 fully saturated rings. The molecule has 1 aromatic rings. The summed E-state index contributed by atoms with van der Waals surface area (Å²) in [6.45, 7) is 7.10.